The Bertz CT molecular complexity index is 590. The fourth-order valence-electron chi connectivity index (χ4n) is 1.44. The van der Waals surface area contributed by atoms with Gasteiger partial charge in [-0.25, -0.2) is 17.2 Å². The number of aliphatic carboxylic acids is 1. The van der Waals surface area contributed by atoms with Crippen molar-refractivity contribution in [1.82, 2.24) is 4.31 Å². The van der Waals surface area contributed by atoms with E-state index in [1.807, 2.05) is 0 Å². The number of methoxy groups -OCH3 is 1. The van der Waals surface area contributed by atoms with E-state index in [1.54, 1.807) is 0 Å². The molecule has 1 aromatic rings. The Morgan fingerprint density at radius 2 is 2.05 bits per heavy atom. The maximum atomic E-state index is 13.5. The molecule has 0 aliphatic heterocycles. The lowest BCUT2D eigenvalue weighted by Gasteiger charge is -2.20. The van der Waals surface area contributed by atoms with Crippen LogP contribution in [-0.2, 0) is 19.6 Å². The van der Waals surface area contributed by atoms with E-state index < -0.39 is 39.1 Å². The van der Waals surface area contributed by atoms with Crippen molar-refractivity contribution in [1.29, 1.82) is 0 Å². The third-order valence-corrected chi connectivity index (χ3v) is 4.23. The largest absolute Gasteiger partial charge is 0.480 e. The molecule has 112 valence electrons. The molecule has 0 saturated heterocycles. The monoisotopic (exact) mass is 309 g/mol. The van der Waals surface area contributed by atoms with Gasteiger partial charge in [-0.15, -0.1) is 0 Å². The van der Waals surface area contributed by atoms with Gasteiger partial charge in [-0.2, -0.15) is 4.31 Å². The molecule has 6 nitrogen and oxygen atoms in total. The van der Waals surface area contributed by atoms with E-state index in [0.29, 0.717) is 16.4 Å². The fourth-order valence-corrected chi connectivity index (χ4v) is 2.89. The smallest absolute Gasteiger partial charge is 0.318 e. The van der Waals surface area contributed by atoms with Crippen LogP contribution >= 0.6 is 0 Å². The molecule has 0 saturated carbocycles. The number of carbonyl (C=O) groups is 1. The van der Waals surface area contributed by atoms with Crippen LogP contribution in [0.1, 0.15) is 0 Å². The van der Waals surface area contributed by atoms with Gasteiger partial charge in [0, 0.05) is 13.7 Å². The molecule has 0 unspecified atom stereocenters. The molecule has 0 fully saturated rings. The number of hydrogen-bond donors (Lipinski definition) is 1. The lowest BCUT2D eigenvalue weighted by Crippen LogP contribution is -2.38. The van der Waals surface area contributed by atoms with Gasteiger partial charge in [0.2, 0.25) is 10.0 Å². The molecule has 0 amide bonds. The van der Waals surface area contributed by atoms with E-state index in [1.165, 1.54) is 7.11 Å². The van der Waals surface area contributed by atoms with E-state index in [9.17, 15) is 22.0 Å². The lowest BCUT2D eigenvalue weighted by atomic mass is 10.3. The molecule has 0 heterocycles. The first-order valence-electron chi connectivity index (χ1n) is 5.45. The number of sulfonamides is 1. The van der Waals surface area contributed by atoms with Crippen molar-refractivity contribution in [2.75, 3.05) is 26.8 Å². The van der Waals surface area contributed by atoms with Crippen LogP contribution in [-0.4, -0.2) is 50.6 Å². The molecule has 1 rings (SSSR count). The van der Waals surface area contributed by atoms with Gasteiger partial charge >= 0.3 is 5.97 Å². The summed E-state index contributed by atoms with van der Waals surface area (Å²) in [6.07, 6.45) is 0. The number of halogens is 2. The van der Waals surface area contributed by atoms with Gasteiger partial charge < -0.3 is 9.84 Å². The van der Waals surface area contributed by atoms with E-state index in [-0.39, 0.29) is 13.2 Å². The van der Waals surface area contributed by atoms with E-state index >= 15 is 0 Å². The molecule has 0 spiro atoms. The Morgan fingerprint density at radius 3 is 2.60 bits per heavy atom. The molecule has 0 bridgehead atoms. The standard InChI is InChI=1S/C11H13F2NO5S/c1-19-5-4-14(7-11(15)16)20(17,18)10-6-8(12)2-3-9(10)13/h2-3,6H,4-5,7H2,1H3,(H,15,16). The van der Waals surface area contributed by atoms with E-state index in [2.05, 4.69) is 4.74 Å². The van der Waals surface area contributed by atoms with Crippen LogP contribution in [0.15, 0.2) is 23.1 Å². The van der Waals surface area contributed by atoms with Crippen LogP contribution in [0.3, 0.4) is 0 Å². The summed E-state index contributed by atoms with van der Waals surface area (Å²) >= 11 is 0. The molecule has 1 aromatic carbocycles. The van der Waals surface area contributed by atoms with Crippen molar-refractivity contribution < 1.29 is 31.8 Å². The quantitative estimate of drug-likeness (QED) is 0.801. The summed E-state index contributed by atoms with van der Waals surface area (Å²) in [6.45, 7) is -1.24. The first-order valence-corrected chi connectivity index (χ1v) is 6.89. The van der Waals surface area contributed by atoms with Crippen LogP contribution < -0.4 is 0 Å². The molecule has 0 aliphatic rings. The normalized spacial score (nSPS) is 11.8. The number of hydrogen-bond acceptors (Lipinski definition) is 4. The van der Waals surface area contributed by atoms with Crippen molar-refractivity contribution in [3.8, 4) is 0 Å². The average Bonchev–Trinajstić information content (AvgIpc) is 2.36. The highest BCUT2D eigenvalue weighted by Gasteiger charge is 2.29. The topological polar surface area (TPSA) is 83.9 Å². The number of nitrogens with zero attached hydrogens (tertiary/aromatic N) is 1. The minimum Gasteiger partial charge on any atom is -0.480 e. The Balaban J connectivity index is 3.20. The minimum absolute atomic E-state index is 0.0799. The van der Waals surface area contributed by atoms with Crippen molar-refractivity contribution >= 4 is 16.0 Å². The highest BCUT2D eigenvalue weighted by molar-refractivity contribution is 7.89. The summed E-state index contributed by atoms with van der Waals surface area (Å²) in [4.78, 5) is 9.78. The van der Waals surface area contributed by atoms with Gasteiger partial charge in [-0.3, -0.25) is 4.79 Å². The number of carboxylic acids is 1. The second-order valence-electron chi connectivity index (χ2n) is 3.80. The summed E-state index contributed by atoms with van der Waals surface area (Å²) < 4.78 is 56.1. The summed E-state index contributed by atoms with van der Waals surface area (Å²) in [7, 11) is -3.16. The zero-order chi connectivity index (χ0) is 15.3. The van der Waals surface area contributed by atoms with Gasteiger partial charge in [-0.05, 0) is 18.2 Å². The number of carboxylic acid groups (broad SMARTS) is 1. The summed E-state index contributed by atoms with van der Waals surface area (Å²) in [5.41, 5.74) is 0. The molecular weight excluding hydrogens is 296 g/mol. The summed E-state index contributed by atoms with van der Waals surface area (Å²) in [6, 6.07) is 1.94. The van der Waals surface area contributed by atoms with E-state index in [0.717, 1.165) is 6.07 Å². The third-order valence-electron chi connectivity index (χ3n) is 2.37. The number of benzene rings is 1. The molecule has 0 aliphatic carbocycles. The Kier molecular flexibility index (Phi) is 5.54. The molecule has 20 heavy (non-hydrogen) atoms. The molecule has 1 N–H and O–H groups in total. The maximum Gasteiger partial charge on any atom is 0.318 e. The van der Waals surface area contributed by atoms with Gasteiger partial charge in [0.1, 0.15) is 23.1 Å². The molecule has 0 atom stereocenters. The lowest BCUT2D eigenvalue weighted by molar-refractivity contribution is -0.137. The maximum absolute atomic E-state index is 13.5. The van der Waals surface area contributed by atoms with Gasteiger partial charge in [0.15, 0.2) is 0 Å². The predicted molar refractivity (Wildman–Crippen MR) is 64.6 cm³/mol. The van der Waals surface area contributed by atoms with Crippen molar-refractivity contribution in [3.05, 3.63) is 29.8 Å². The molecule has 9 heteroatoms. The Labute approximate surface area is 114 Å². The van der Waals surface area contributed by atoms with Crippen LogP contribution in [0.25, 0.3) is 0 Å². The molecule has 0 radical (unpaired) electrons. The fraction of sp³-hybridized carbons (Fsp3) is 0.364. The first kappa shape index (κ1) is 16.5. The van der Waals surface area contributed by atoms with Crippen molar-refractivity contribution in [2.24, 2.45) is 0 Å². The van der Waals surface area contributed by atoms with Gasteiger partial charge in [-0.1, -0.05) is 0 Å². The number of rotatable bonds is 7. The highest BCUT2D eigenvalue weighted by atomic mass is 32.2. The highest BCUT2D eigenvalue weighted by Crippen LogP contribution is 2.20. The third kappa shape index (κ3) is 3.95. The second kappa shape index (κ2) is 6.73. The van der Waals surface area contributed by atoms with Crippen molar-refractivity contribution in [2.45, 2.75) is 4.90 Å². The van der Waals surface area contributed by atoms with Crippen LogP contribution in [0.5, 0.6) is 0 Å². The SMILES string of the molecule is COCCN(CC(=O)O)S(=O)(=O)c1cc(F)ccc1F. The van der Waals surface area contributed by atoms with Crippen molar-refractivity contribution in [3.63, 3.8) is 0 Å². The average molecular weight is 309 g/mol. The Hall–Kier alpha value is -1.58. The zero-order valence-electron chi connectivity index (χ0n) is 10.5. The second-order valence-corrected chi connectivity index (χ2v) is 5.71. The minimum atomic E-state index is -4.46. The predicted octanol–water partition coefficient (Wildman–Crippen LogP) is 0.686. The zero-order valence-corrected chi connectivity index (χ0v) is 11.4. The molecular formula is C11H13F2NO5S. The van der Waals surface area contributed by atoms with Gasteiger partial charge in [0.05, 0.1) is 6.61 Å². The van der Waals surface area contributed by atoms with Gasteiger partial charge in [0.25, 0.3) is 0 Å². The Morgan fingerprint density at radius 1 is 1.40 bits per heavy atom. The molecule has 0 aromatic heterocycles. The van der Waals surface area contributed by atoms with E-state index in [4.69, 9.17) is 5.11 Å². The summed E-state index contributed by atoms with van der Waals surface area (Å²) in [5, 5.41) is 8.70. The van der Waals surface area contributed by atoms with Crippen LogP contribution in [0.2, 0.25) is 0 Å². The first-order chi connectivity index (χ1) is 9.28. The van der Waals surface area contributed by atoms with Crippen LogP contribution in [0.4, 0.5) is 8.78 Å². The van der Waals surface area contributed by atoms with Crippen LogP contribution in [0, 0.1) is 11.6 Å². The summed E-state index contributed by atoms with van der Waals surface area (Å²) in [5.74, 6) is -3.51. The number of ether oxygens (including phenoxy) is 1.